The van der Waals surface area contributed by atoms with Crippen LogP contribution in [-0.2, 0) is 4.79 Å². The highest BCUT2D eigenvalue weighted by Gasteiger charge is 2.54. The van der Waals surface area contributed by atoms with Gasteiger partial charge in [-0.1, -0.05) is 32.9 Å². The third kappa shape index (κ3) is 3.92. The van der Waals surface area contributed by atoms with E-state index in [1.807, 2.05) is 48.5 Å². The number of piperidine rings is 2. The van der Waals surface area contributed by atoms with E-state index in [9.17, 15) is 14.3 Å². The number of H-pyrrole nitrogens is 1. The molecular weight excluding hydrogens is 411 g/mol. The van der Waals surface area contributed by atoms with E-state index in [1.54, 1.807) is 17.4 Å². The van der Waals surface area contributed by atoms with Crippen LogP contribution in [0.1, 0.15) is 69.2 Å². The van der Waals surface area contributed by atoms with Crippen molar-refractivity contribution in [1.29, 1.82) is 0 Å². The summed E-state index contributed by atoms with van der Waals surface area (Å²) in [6, 6.07) is 9.25. The van der Waals surface area contributed by atoms with Crippen LogP contribution in [0.2, 0.25) is 0 Å². The predicted octanol–water partition coefficient (Wildman–Crippen LogP) is 5.82. The minimum atomic E-state index is -0.574. The Kier molecular flexibility index (Phi) is 6.22. The average molecular weight is 443 g/mol. The van der Waals surface area contributed by atoms with Crippen molar-refractivity contribution in [2.75, 3.05) is 0 Å². The van der Waals surface area contributed by atoms with Gasteiger partial charge in [0.1, 0.15) is 5.82 Å². The average Bonchev–Trinajstić information content (AvgIpc) is 3.43. The van der Waals surface area contributed by atoms with Gasteiger partial charge >= 0.3 is 0 Å². The second-order valence-electron chi connectivity index (χ2n) is 8.53. The summed E-state index contributed by atoms with van der Waals surface area (Å²) < 4.78 is 14.7. The maximum absolute atomic E-state index is 14.7. The minimum Gasteiger partial charge on any atom is -0.390 e. The predicted molar refractivity (Wildman–Crippen MR) is 124 cm³/mol. The van der Waals surface area contributed by atoms with Gasteiger partial charge < -0.3 is 15.0 Å². The molecule has 3 fully saturated rings. The summed E-state index contributed by atoms with van der Waals surface area (Å²) >= 11 is 1.60. The molecule has 0 spiro atoms. The first-order chi connectivity index (χ1) is 15.0. The van der Waals surface area contributed by atoms with Crippen LogP contribution in [0.3, 0.4) is 0 Å². The lowest BCUT2D eigenvalue weighted by Crippen LogP contribution is -2.67. The van der Waals surface area contributed by atoms with E-state index in [0.717, 1.165) is 22.4 Å². The summed E-state index contributed by atoms with van der Waals surface area (Å²) in [6.07, 6.45) is 5.03. The number of benzene rings is 1. The Labute approximate surface area is 187 Å². The van der Waals surface area contributed by atoms with Crippen LogP contribution in [-0.4, -0.2) is 38.6 Å². The van der Waals surface area contributed by atoms with Crippen LogP contribution in [0, 0.1) is 5.82 Å². The first-order valence-electron chi connectivity index (χ1n) is 11.3. The van der Waals surface area contributed by atoms with Crippen LogP contribution in [0.5, 0.6) is 0 Å². The number of rotatable bonds is 5. The van der Waals surface area contributed by atoms with E-state index in [2.05, 4.69) is 11.9 Å². The van der Waals surface area contributed by atoms with Gasteiger partial charge in [-0.05, 0) is 54.8 Å². The Morgan fingerprint density at radius 3 is 2.74 bits per heavy atom. The van der Waals surface area contributed by atoms with Gasteiger partial charge in [0, 0.05) is 46.4 Å². The Hall–Kier alpha value is -2.18. The lowest BCUT2D eigenvalue weighted by molar-refractivity contribution is -0.178. The van der Waals surface area contributed by atoms with Gasteiger partial charge in [-0.2, -0.15) is 0 Å². The van der Waals surface area contributed by atoms with Crippen molar-refractivity contribution < 1.29 is 14.3 Å². The zero-order valence-corrected chi connectivity index (χ0v) is 19.2. The zero-order valence-electron chi connectivity index (χ0n) is 18.4. The molecule has 1 saturated carbocycles. The molecule has 1 aromatic carbocycles. The third-order valence-electron chi connectivity index (χ3n) is 6.72. The molecule has 166 valence electrons. The summed E-state index contributed by atoms with van der Waals surface area (Å²) in [5, 5.41) is 13.1. The summed E-state index contributed by atoms with van der Waals surface area (Å²) in [4.78, 5) is 19.7. The molecule has 2 atom stereocenters. The Balaban J connectivity index is 0.00000112. The topological polar surface area (TPSA) is 56.3 Å². The molecule has 2 unspecified atom stereocenters. The highest BCUT2D eigenvalue weighted by Crippen LogP contribution is 2.48. The summed E-state index contributed by atoms with van der Waals surface area (Å²) in [6.45, 7) is 6.07. The number of halogens is 1. The first-order valence-corrected chi connectivity index (χ1v) is 12.2. The number of nitrogens with zero attached hydrogens (tertiary/aromatic N) is 1. The van der Waals surface area contributed by atoms with E-state index in [1.165, 1.54) is 6.07 Å². The second kappa shape index (κ2) is 8.75. The number of aliphatic hydroxyl groups is 1. The SMILES string of the molecule is CC.CCC1CC2(O)CC(C2)N1C(=O)CC(c1cccs1)c1c[nH]c2cccc(F)c12. The van der Waals surface area contributed by atoms with Gasteiger partial charge in [0.15, 0.2) is 0 Å². The molecule has 31 heavy (non-hydrogen) atoms. The van der Waals surface area contributed by atoms with E-state index in [0.29, 0.717) is 31.1 Å². The molecule has 4 heterocycles. The molecule has 0 radical (unpaired) electrons. The van der Waals surface area contributed by atoms with Crippen LogP contribution >= 0.6 is 11.3 Å². The molecule has 1 aliphatic carbocycles. The van der Waals surface area contributed by atoms with E-state index >= 15 is 0 Å². The quantitative estimate of drug-likeness (QED) is 0.523. The van der Waals surface area contributed by atoms with Gasteiger partial charge in [-0.3, -0.25) is 4.79 Å². The smallest absolute Gasteiger partial charge is 0.224 e. The molecule has 6 rings (SSSR count). The number of amides is 1. The molecule has 3 aliphatic rings. The Morgan fingerprint density at radius 1 is 1.29 bits per heavy atom. The Morgan fingerprint density at radius 2 is 2.06 bits per heavy atom. The molecule has 2 aromatic heterocycles. The van der Waals surface area contributed by atoms with Crippen molar-refractivity contribution in [3.05, 3.63) is 58.2 Å². The molecule has 3 aromatic rings. The number of aromatic nitrogens is 1. The number of hydrogen-bond donors (Lipinski definition) is 2. The Bertz CT molecular complexity index is 1040. The molecular formula is C25H31FN2O2S. The monoisotopic (exact) mass is 442 g/mol. The number of thiophene rings is 1. The van der Waals surface area contributed by atoms with Crippen LogP contribution in [0.25, 0.3) is 10.9 Å². The van der Waals surface area contributed by atoms with Gasteiger partial charge in [0.05, 0.1) is 5.60 Å². The van der Waals surface area contributed by atoms with Crippen molar-refractivity contribution in [2.45, 2.75) is 76.5 Å². The molecule has 2 N–H and O–H groups in total. The lowest BCUT2D eigenvalue weighted by Gasteiger charge is -2.58. The zero-order chi connectivity index (χ0) is 22.2. The molecule has 4 nitrogen and oxygen atoms in total. The van der Waals surface area contributed by atoms with E-state index < -0.39 is 5.60 Å². The van der Waals surface area contributed by atoms with E-state index in [-0.39, 0.29) is 29.7 Å². The van der Waals surface area contributed by atoms with E-state index in [4.69, 9.17) is 0 Å². The summed E-state index contributed by atoms with van der Waals surface area (Å²) in [5.41, 5.74) is 1.02. The number of carbonyl (C=O) groups excluding carboxylic acids is 1. The van der Waals surface area contributed by atoms with Gasteiger partial charge in [-0.25, -0.2) is 4.39 Å². The fourth-order valence-corrected chi connectivity index (χ4v) is 6.18. The van der Waals surface area contributed by atoms with Crippen LogP contribution in [0.15, 0.2) is 41.9 Å². The highest BCUT2D eigenvalue weighted by atomic mass is 32.1. The first kappa shape index (κ1) is 22.0. The number of aromatic amines is 1. The van der Waals surface area contributed by atoms with Crippen LogP contribution in [0.4, 0.5) is 4.39 Å². The standard InChI is InChI=1S/C23H25FN2O2S.C2H6/c1-2-14-10-23(28)11-15(12-23)26(14)21(27)9-16(20-7-4-8-29-20)17-13-25-19-6-3-5-18(24)22(17)19;1-2/h3-8,13-16,25,28H,2,9-12H2,1H3;1-2H3. The normalized spacial score (nSPS) is 25.5. The largest absolute Gasteiger partial charge is 0.390 e. The fourth-order valence-electron chi connectivity index (χ4n) is 5.34. The maximum Gasteiger partial charge on any atom is 0.224 e. The lowest BCUT2D eigenvalue weighted by atomic mass is 9.66. The van der Waals surface area contributed by atoms with Crippen LogP contribution < -0.4 is 0 Å². The van der Waals surface area contributed by atoms with Crippen molar-refractivity contribution in [3.8, 4) is 0 Å². The maximum atomic E-state index is 14.7. The van der Waals surface area contributed by atoms with Crippen molar-refractivity contribution in [3.63, 3.8) is 0 Å². The molecule has 6 heteroatoms. The summed E-state index contributed by atoms with van der Waals surface area (Å²) in [7, 11) is 0. The highest BCUT2D eigenvalue weighted by molar-refractivity contribution is 7.10. The summed E-state index contributed by atoms with van der Waals surface area (Å²) in [5.74, 6) is -0.347. The molecule has 2 saturated heterocycles. The van der Waals surface area contributed by atoms with Gasteiger partial charge in [0.2, 0.25) is 5.91 Å². The molecule has 2 aliphatic heterocycles. The molecule has 2 bridgehead atoms. The number of hydrogen-bond acceptors (Lipinski definition) is 3. The number of fused-ring (bicyclic) bond motifs is 3. The number of carbonyl (C=O) groups is 1. The van der Waals surface area contributed by atoms with Crippen molar-refractivity contribution >= 4 is 28.1 Å². The van der Waals surface area contributed by atoms with Crippen molar-refractivity contribution in [1.82, 2.24) is 9.88 Å². The van der Waals surface area contributed by atoms with Crippen molar-refractivity contribution in [2.24, 2.45) is 0 Å². The van der Waals surface area contributed by atoms with Gasteiger partial charge in [0.25, 0.3) is 0 Å². The number of nitrogens with one attached hydrogen (secondary N) is 1. The minimum absolute atomic E-state index is 0.0868. The molecule has 1 amide bonds. The third-order valence-corrected chi connectivity index (χ3v) is 7.71. The fraction of sp³-hybridized carbons (Fsp3) is 0.480. The van der Waals surface area contributed by atoms with Gasteiger partial charge in [-0.15, -0.1) is 11.3 Å². The second-order valence-corrected chi connectivity index (χ2v) is 9.51.